The Labute approximate surface area is 59.6 Å². The van der Waals surface area contributed by atoms with E-state index < -0.39 is 0 Å². The Morgan fingerprint density at radius 1 is 0.778 bits per heavy atom. The molecular formula is C7H22N2. The molecule has 0 amide bonds. The standard InChI is InChI=1S/C3H8.2C2H7N/c1-3-2;2*1-2-3/h3H2,1-2H3;2*2-3H2,1H3. The second kappa shape index (κ2) is 44.5. The van der Waals surface area contributed by atoms with Gasteiger partial charge in [0, 0.05) is 0 Å². The highest BCUT2D eigenvalue weighted by Gasteiger charge is 1.35. The van der Waals surface area contributed by atoms with Crippen molar-refractivity contribution < 1.29 is 0 Å². The smallest absolute Gasteiger partial charge is 0.0106 e. The molecular weight excluding hydrogens is 112 g/mol. The Morgan fingerprint density at radius 3 is 0.778 bits per heavy atom. The molecule has 0 unspecified atom stereocenters. The molecule has 0 saturated heterocycles. The average Bonchev–Trinajstić information content (AvgIpc) is 1.70. The lowest BCUT2D eigenvalue weighted by Crippen LogP contribution is -1.87. The van der Waals surface area contributed by atoms with Crippen LogP contribution < -0.4 is 11.5 Å². The summed E-state index contributed by atoms with van der Waals surface area (Å²) in [6.07, 6.45) is 1.25. The fourth-order valence-electron chi connectivity index (χ4n) is 0. The van der Waals surface area contributed by atoms with E-state index in [0.717, 1.165) is 13.1 Å². The summed E-state index contributed by atoms with van der Waals surface area (Å²) in [5, 5.41) is 0. The van der Waals surface area contributed by atoms with Crippen molar-refractivity contribution in [2.75, 3.05) is 13.1 Å². The molecule has 0 atom stereocenters. The Morgan fingerprint density at radius 2 is 0.778 bits per heavy atom. The van der Waals surface area contributed by atoms with Gasteiger partial charge in [0.15, 0.2) is 0 Å². The van der Waals surface area contributed by atoms with Gasteiger partial charge in [-0.2, -0.15) is 0 Å². The van der Waals surface area contributed by atoms with Crippen LogP contribution in [0.15, 0.2) is 0 Å². The zero-order chi connectivity index (χ0) is 8.12. The highest BCUT2D eigenvalue weighted by molar-refractivity contribution is 4.00. The molecule has 9 heavy (non-hydrogen) atoms. The molecule has 0 rings (SSSR count). The zero-order valence-electron chi connectivity index (χ0n) is 7.28. The highest BCUT2D eigenvalue weighted by atomic mass is 14.5. The van der Waals surface area contributed by atoms with Crippen LogP contribution >= 0.6 is 0 Å². The van der Waals surface area contributed by atoms with Crippen molar-refractivity contribution >= 4 is 0 Å². The lowest BCUT2D eigenvalue weighted by molar-refractivity contribution is 1.09. The molecule has 0 aliphatic heterocycles. The van der Waals surface area contributed by atoms with E-state index in [9.17, 15) is 0 Å². The fraction of sp³-hybridized carbons (Fsp3) is 1.00. The van der Waals surface area contributed by atoms with Gasteiger partial charge in [-0.25, -0.2) is 0 Å². The third kappa shape index (κ3) is 43400. The van der Waals surface area contributed by atoms with Crippen LogP contribution in [0.2, 0.25) is 0 Å². The summed E-state index contributed by atoms with van der Waals surface area (Å²) in [4.78, 5) is 0. The molecule has 0 aliphatic rings. The van der Waals surface area contributed by atoms with Crippen LogP contribution in [0.5, 0.6) is 0 Å². The van der Waals surface area contributed by atoms with E-state index in [2.05, 4.69) is 13.8 Å². The van der Waals surface area contributed by atoms with Gasteiger partial charge in [0.25, 0.3) is 0 Å². The molecule has 0 saturated carbocycles. The van der Waals surface area contributed by atoms with E-state index >= 15 is 0 Å². The van der Waals surface area contributed by atoms with Gasteiger partial charge in [-0.05, 0) is 13.1 Å². The first-order valence-corrected chi connectivity index (χ1v) is 3.64. The van der Waals surface area contributed by atoms with Crippen molar-refractivity contribution in [3.8, 4) is 0 Å². The zero-order valence-corrected chi connectivity index (χ0v) is 7.28. The van der Waals surface area contributed by atoms with E-state index in [-0.39, 0.29) is 0 Å². The Bertz CT molecular complexity index is 11.6. The number of hydrogen-bond donors (Lipinski definition) is 2. The lowest BCUT2D eigenvalue weighted by Gasteiger charge is -1.53. The predicted molar refractivity (Wildman–Crippen MR) is 45.4 cm³/mol. The SMILES string of the molecule is CCC.CCN.CCN. The minimum absolute atomic E-state index is 0.750. The van der Waals surface area contributed by atoms with Gasteiger partial charge in [-0.1, -0.05) is 34.1 Å². The van der Waals surface area contributed by atoms with Crippen molar-refractivity contribution in [2.24, 2.45) is 11.5 Å². The van der Waals surface area contributed by atoms with Crippen LogP contribution in [-0.4, -0.2) is 13.1 Å². The number of rotatable bonds is 0. The second-order valence-corrected chi connectivity index (χ2v) is 1.52. The Balaban J connectivity index is -0.0000000600. The van der Waals surface area contributed by atoms with Gasteiger partial charge in [-0.15, -0.1) is 0 Å². The fourth-order valence-corrected chi connectivity index (χ4v) is 0. The highest BCUT2D eigenvalue weighted by Crippen LogP contribution is 1.56. The van der Waals surface area contributed by atoms with E-state index in [0.29, 0.717) is 0 Å². The first-order chi connectivity index (χ1) is 4.24. The van der Waals surface area contributed by atoms with Crippen LogP contribution in [0.4, 0.5) is 0 Å². The van der Waals surface area contributed by atoms with E-state index in [1.165, 1.54) is 6.42 Å². The summed E-state index contributed by atoms with van der Waals surface area (Å²) in [7, 11) is 0. The maximum absolute atomic E-state index is 4.85. The molecule has 0 aromatic rings. The molecule has 2 nitrogen and oxygen atoms in total. The second-order valence-electron chi connectivity index (χ2n) is 1.52. The van der Waals surface area contributed by atoms with Gasteiger partial charge in [-0.3, -0.25) is 0 Å². The monoisotopic (exact) mass is 134 g/mol. The summed E-state index contributed by atoms with van der Waals surface area (Å²) in [5.41, 5.74) is 9.69. The molecule has 2 heteroatoms. The summed E-state index contributed by atoms with van der Waals surface area (Å²) in [6, 6.07) is 0. The maximum Gasteiger partial charge on any atom is -0.0106 e. The van der Waals surface area contributed by atoms with Gasteiger partial charge in [0.1, 0.15) is 0 Å². The van der Waals surface area contributed by atoms with Crippen LogP contribution in [-0.2, 0) is 0 Å². The maximum atomic E-state index is 4.85. The molecule has 4 N–H and O–H groups in total. The summed E-state index contributed by atoms with van der Waals surface area (Å²) in [5.74, 6) is 0. The first-order valence-electron chi connectivity index (χ1n) is 3.64. The van der Waals surface area contributed by atoms with Gasteiger partial charge >= 0.3 is 0 Å². The Hall–Kier alpha value is -0.0800. The number of hydrogen-bond acceptors (Lipinski definition) is 2. The third-order valence-corrected chi connectivity index (χ3v) is 0. The molecule has 0 aromatic carbocycles. The predicted octanol–water partition coefficient (Wildman–Crippen LogP) is 1.35. The van der Waals surface area contributed by atoms with Gasteiger partial charge in [0.2, 0.25) is 0 Å². The van der Waals surface area contributed by atoms with Crippen LogP contribution in [0, 0.1) is 0 Å². The Kier molecular flexibility index (Phi) is 78.9. The van der Waals surface area contributed by atoms with E-state index in [4.69, 9.17) is 11.5 Å². The van der Waals surface area contributed by atoms with E-state index in [1.54, 1.807) is 0 Å². The van der Waals surface area contributed by atoms with Gasteiger partial charge < -0.3 is 11.5 Å². The molecule has 0 spiro atoms. The minimum Gasteiger partial charge on any atom is -0.331 e. The average molecular weight is 134 g/mol. The molecule has 60 valence electrons. The topological polar surface area (TPSA) is 52.0 Å². The first kappa shape index (κ1) is 16.0. The van der Waals surface area contributed by atoms with Crippen molar-refractivity contribution in [3.05, 3.63) is 0 Å². The van der Waals surface area contributed by atoms with Crippen LogP contribution in [0.3, 0.4) is 0 Å². The molecule has 0 aliphatic carbocycles. The minimum atomic E-state index is 0.750. The largest absolute Gasteiger partial charge is 0.331 e. The third-order valence-electron chi connectivity index (χ3n) is 0. The van der Waals surface area contributed by atoms with Gasteiger partial charge in [0.05, 0.1) is 0 Å². The quantitative estimate of drug-likeness (QED) is 0.525. The lowest BCUT2D eigenvalue weighted by atomic mass is 10.6. The molecule has 0 bridgehead atoms. The molecule has 0 radical (unpaired) electrons. The summed E-state index contributed by atoms with van der Waals surface area (Å²) >= 11 is 0. The van der Waals surface area contributed by atoms with Crippen molar-refractivity contribution in [1.29, 1.82) is 0 Å². The van der Waals surface area contributed by atoms with Crippen molar-refractivity contribution in [3.63, 3.8) is 0 Å². The number of nitrogens with two attached hydrogens (primary N) is 2. The molecule has 0 fully saturated rings. The molecule has 0 heterocycles. The molecule has 0 aromatic heterocycles. The van der Waals surface area contributed by atoms with Crippen LogP contribution in [0.25, 0.3) is 0 Å². The summed E-state index contributed by atoms with van der Waals surface area (Å²) < 4.78 is 0. The van der Waals surface area contributed by atoms with Crippen LogP contribution in [0.1, 0.15) is 34.1 Å². The van der Waals surface area contributed by atoms with Crippen molar-refractivity contribution in [1.82, 2.24) is 0 Å². The van der Waals surface area contributed by atoms with E-state index in [1.807, 2.05) is 13.8 Å². The summed E-state index contributed by atoms with van der Waals surface area (Å²) in [6.45, 7) is 9.56. The van der Waals surface area contributed by atoms with Crippen molar-refractivity contribution in [2.45, 2.75) is 34.1 Å². The normalized spacial score (nSPS) is 6.00.